The second kappa shape index (κ2) is 9.68. The first-order valence-corrected chi connectivity index (χ1v) is 10.9. The Hall–Kier alpha value is -2.61. The van der Waals surface area contributed by atoms with Gasteiger partial charge in [0.1, 0.15) is 12.4 Å². The summed E-state index contributed by atoms with van der Waals surface area (Å²) in [6.45, 7) is 6.93. The van der Waals surface area contributed by atoms with Crippen LogP contribution in [0, 0.1) is 6.92 Å². The highest BCUT2D eigenvalue weighted by Crippen LogP contribution is 2.29. The fourth-order valence-corrected chi connectivity index (χ4v) is 3.78. The van der Waals surface area contributed by atoms with E-state index in [0.717, 1.165) is 38.5 Å². The molecular weight excluding hydrogens is 435 g/mol. The number of nitrogens with two attached hydrogens (primary N) is 1. The zero-order chi connectivity index (χ0) is 21.8. The Bertz CT molecular complexity index is 1040. The number of benzene rings is 2. The van der Waals surface area contributed by atoms with E-state index in [0.29, 0.717) is 34.0 Å². The zero-order valence-electron chi connectivity index (χ0n) is 17.3. The van der Waals surface area contributed by atoms with Crippen molar-refractivity contribution in [2.24, 2.45) is 0 Å². The van der Waals surface area contributed by atoms with Gasteiger partial charge in [0.2, 0.25) is 11.9 Å². The second-order valence-electron chi connectivity index (χ2n) is 7.43. The molecule has 162 valence electrons. The Labute approximate surface area is 191 Å². The molecule has 4 rings (SSSR count). The first-order valence-electron chi connectivity index (χ1n) is 10.1. The Morgan fingerprint density at radius 1 is 0.968 bits per heavy atom. The van der Waals surface area contributed by atoms with Gasteiger partial charge in [0.05, 0.1) is 5.02 Å². The molecule has 7 nitrogen and oxygen atoms in total. The summed E-state index contributed by atoms with van der Waals surface area (Å²) >= 11 is 12.4. The van der Waals surface area contributed by atoms with Gasteiger partial charge in [-0.25, -0.2) is 0 Å². The first-order chi connectivity index (χ1) is 15.0. The van der Waals surface area contributed by atoms with Gasteiger partial charge in [0.25, 0.3) is 0 Å². The number of halogens is 2. The smallest absolute Gasteiger partial charge is 0.230 e. The fraction of sp³-hybridized carbons (Fsp3) is 0.318. The van der Waals surface area contributed by atoms with Crippen molar-refractivity contribution >= 4 is 35.1 Å². The molecule has 0 unspecified atom stereocenters. The molecule has 0 radical (unpaired) electrons. The van der Waals surface area contributed by atoms with E-state index in [2.05, 4.69) is 43.8 Å². The number of hydrogen-bond donors (Lipinski definition) is 1. The van der Waals surface area contributed by atoms with Crippen LogP contribution >= 0.6 is 23.2 Å². The summed E-state index contributed by atoms with van der Waals surface area (Å²) in [6, 6.07) is 13.3. The van der Waals surface area contributed by atoms with Crippen LogP contribution in [0.25, 0.3) is 11.4 Å². The third kappa shape index (κ3) is 5.55. The van der Waals surface area contributed by atoms with Crippen LogP contribution in [0.3, 0.4) is 0 Å². The van der Waals surface area contributed by atoms with Crippen LogP contribution in [-0.4, -0.2) is 59.2 Å². The minimum absolute atomic E-state index is 0.157. The van der Waals surface area contributed by atoms with Crippen LogP contribution in [-0.2, 0) is 0 Å². The molecule has 2 heterocycles. The number of ether oxygens (including phenoxy) is 1. The molecule has 0 spiro atoms. The van der Waals surface area contributed by atoms with Crippen molar-refractivity contribution in [2.45, 2.75) is 6.92 Å². The van der Waals surface area contributed by atoms with Crippen LogP contribution in [0.5, 0.6) is 5.75 Å². The Morgan fingerprint density at radius 2 is 1.71 bits per heavy atom. The highest BCUT2D eigenvalue weighted by molar-refractivity contribution is 6.35. The first kappa shape index (κ1) is 21.6. The number of piperazine rings is 1. The summed E-state index contributed by atoms with van der Waals surface area (Å²) in [6.07, 6.45) is 0. The molecule has 1 aliphatic heterocycles. The maximum Gasteiger partial charge on any atom is 0.230 e. The predicted octanol–water partition coefficient (Wildman–Crippen LogP) is 3.94. The van der Waals surface area contributed by atoms with E-state index in [1.165, 1.54) is 5.56 Å². The van der Waals surface area contributed by atoms with E-state index in [1.54, 1.807) is 18.2 Å². The molecule has 31 heavy (non-hydrogen) atoms. The number of rotatable bonds is 6. The maximum atomic E-state index is 6.31. The van der Waals surface area contributed by atoms with Gasteiger partial charge in [0.15, 0.2) is 5.82 Å². The number of hydrogen-bond acceptors (Lipinski definition) is 7. The molecule has 1 saturated heterocycles. The number of aromatic nitrogens is 3. The topological polar surface area (TPSA) is 80.4 Å². The molecule has 1 aliphatic rings. The van der Waals surface area contributed by atoms with E-state index in [1.807, 2.05) is 12.1 Å². The molecule has 0 bridgehead atoms. The molecule has 0 saturated carbocycles. The van der Waals surface area contributed by atoms with Gasteiger partial charge >= 0.3 is 0 Å². The maximum absolute atomic E-state index is 6.31. The number of nitrogen functional groups attached to an aromatic ring is 1. The van der Waals surface area contributed by atoms with Crippen LogP contribution in [0.4, 0.5) is 11.9 Å². The van der Waals surface area contributed by atoms with Crippen molar-refractivity contribution < 1.29 is 4.74 Å². The molecule has 0 amide bonds. The van der Waals surface area contributed by atoms with Crippen molar-refractivity contribution in [3.8, 4) is 17.1 Å². The van der Waals surface area contributed by atoms with E-state index in [4.69, 9.17) is 33.7 Å². The second-order valence-corrected chi connectivity index (χ2v) is 8.28. The van der Waals surface area contributed by atoms with E-state index < -0.39 is 0 Å². The van der Waals surface area contributed by atoms with Gasteiger partial charge in [0, 0.05) is 43.3 Å². The zero-order valence-corrected chi connectivity index (χ0v) is 18.8. The molecule has 3 aromatic rings. The van der Waals surface area contributed by atoms with Crippen molar-refractivity contribution in [3.05, 3.63) is 58.1 Å². The minimum atomic E-state index is 0.157. The lowest BCUT2D eigenvalue weighted by atomic mass is 10.2. The highest BCUT2D eigenvalue weighted by Gasteiger charge is 2.21. The highest BCUT2D eigenvalue weighted by atomic mass is 35.5. The lowest BCUT2D eigenvalue weighted by Gasteiger charge is -2.34. The van der Waals surface area contributed by atoms with Gasteiger partial charge in [-0.15, -0.1) is 0 Å². The summed E-state index contributed by atoms with van der Waals surface area (Å²) in [5, 5.41) is 1.07. The fourth-order valence-electron chi connectivity index (χ4n) is 3.41. The van der Waals surface area contributed by atoms with Crippen molar-refractivity contribution in [2.75, 3.05) is 50.0 Å². The number of nitrogens with zero attached hydrogens (tertiary/aromatic N) is 5. The Morgan fingerprint density at radius 3 is 2.45 bits per heavy atom. The van der Waals surface area contributed by atoms with Gasteiger partial charge in [-0.1, -0.05) is 40.9 Å². The predicted molar refractivity (Wildman–Crippen MR) is 125 cm³/mol. The molecular formula is C22H24Cl2N6O. The van der Waals surface area contributed by atoms with Gasteiger partial charge < -0.3 is 15.4 Å². The molecule has 2 aromatic carbocycles. The van der Waals surface area contributed by atoms with E-state index in [-0.39, 0.29) is 5.95 Å². The molecule has 9 heteroatoms. The molecule has 2 N–H and O–H groups in total. The average Bonchev–Trinajstić information content (AvgIpc) is 2.77. The normalized spacial score (nSPS) is 14.6. The SMILES string of the molecule is Cc1ccc(OCCN2CCN(c3nc(N)nc(-c4cc(Cl)ccc4Cl)n3)CC2)cc1. The molecule has 1 fully saturated rings. The van der Waals surface area contributed by atoms with Crippen LogP contribution < -0.4 is 15.4 Å². The Balaban J connectivity index is 1.36. The van der Waals surface area contributed by atoms with Gasteiger partial charge in [-0.2, -0.15) is 15.0 Å². The van der Waals surface area contributed by atoms with E-state index in [9.17, 15) is 0 Å². The lowest BCUT2D eigenvalue weighted by Crippen LogP contribution is -2.48. The van der Waals surface area contributed by atoms with Crippen LogP contribution in [0.1, 0.15) is 5.56 Å². The molecule has 0 aliphatic carbocycles. The summed E-state index contributed by atoms with van der Waals surface area (Å²) in [7, 11) is 0. The quantitative estimate of drug-likeness (QED) is 0.598. The summed E-state index contributed by atoms with van der Waals surface area (Å²) in [5.74, 6) is 2.03. The third-order valence-electron chi connectivity index (χ3n) is 5.16. The van der Waals surface area contributed by atoms with Gasteiger partial charge in [-0.05, 0) is 37.3 Å². The van der Waals surface area contributed by atoms with Crippen molar-refractivity contribution in [1.29, 1.82) is 0 Å². The van der Waals surface area contributed by atoms with Gasteiger partial charge in [-0.3, -0.25) is 4.90 Å². The van der Waals surface area contributed by atoms with Crippen molar-refractivity contribution in [3.63, 3.8) is 0 Å². The number of anilines is 2. The van der Waals surface area contributed by atoms with Crippen LogP contribution in [0.15, 0.2) is 42.5 Å². The molecule has 0 atom stereocenters. The summed E-state index contributed by atoms with van der Waals surface area (Å²) < 4.78 is 5.85. The standard InChI is InChI=1S/C22H24Cl2N6O/c1-15-2-5-17(6-3-15)31-13-12-29-8-10-30(11-9-29)22-27-20(26-21(25)28-22)18-14-16(23)4-7-19(18)24/h2-7,14H,8-13H2,1H3,(H2,25,26,27,28). The molecule has 1 aromatic heterocycles. The van der Waals surface area contributed by atoms with Crippen LogP contribution in [0.2, 0.25) is 10.0 Å². The number of aryl methyl sites for hydroxylation is 1. The summed E-state index contributed by atoms with van der Waals surface area (Å²) in [5.41, 5.74) is 7.82. The lowest BCUT2D eigenvalue weighted by molar-refractivity contribution is 0.200. The van der Waals surface area contributed by atoms with E-state index >= 15 is 0 Å². The minimum Gasteiger partial charge on any atom is -0.492 e. The average molecular weight is 459 g/mol. The van der Waals surface area contributed by atoms with Crippen molar-refractivity contribution in [1.82, 2.24) is 19.9 Å². The third-order valence-corrected chi connectivity index (χ3v) is 5.73. The largest absolute Gasteiger partial charge is 0.492 e. The Kier molecular flexibility index (Phi) is 6.75. The summed E-state index contributed by atoms with van der Waals surface area (Å²) in [4.78, 5) is 17.7. The monoisotopic (exact) mass is 458 g/mol.